The van der Waals surface area contributed by atoms with Gasteiger partial charge < -0.3 is 25.4 Å². The second-order valence-electron chi connectivity index (χ2n) is 9.64. The number of benzene rings is 2. The van der Waals surface area contributed by atoms with Gasteiger partial charge in [0, 0.05) is 12.1 Å². The first kappa shape index (κ1) is 29.0. The van der Waals surface area contributed by atoms with Gasteiger partial charge in [-0.25, -0.2) is 4.79 Å². The fourth-order valence-electron chi connectivity index (χ4n) is 3.64. The van der Waals surface area contributed by atoms with Crippen LogP contribution in [0.15, 0.2) is 42.5 Å². The lowest BCUT2D eigenvalue weighted by molar-refractivity contribution is -0.140. The van der Waals surface area contributed by atoms with Gasteiger partial charge in [0.1, 0.15) is 23.4 Å². The molecule has 8 nitrogen and oxygen atoms in total. The molecule has 0 radical (unpaired) electrons. The molecule has 0 saturated heterocycles. The van der Waals surface area contributed by atoms with Crippen LogP contribution < -0.4 is 10.6 Å². The van der Waals surface area contributed by atoms with Crippen molar-refractivity contribution in [1.82, 2.24) is 10.2 Å². The van der Waals surface area contributed by atoms with Crippen molar-refractivity contribution in [1.29, 1.82) is 0 Å². The number of phenols is 1. The van der Waals surface area contributed by atoms with E-state index >= 15 is 0 Å². The van der Waals surface area contributed by atoms with E-state index in [1.807, 2.05) is 19.9 Å². The first-order chi connectivity index (χ1) is 16.9. The molecule has 2 rings (SSSR count). The monoisotopic (exact) mass is 517 g/mol. The molecule has 0 aliphatic carbocycles. The predicted molar refractivity (Wildman–Crippen MR) is 141 cm³/mol. The Bertz CT molecular complexity index is 1060. The molecular weight excluding hydrogens is 482 g/mol. The summed E-state index contributed by atoms with van der Waals surface area (Å²) in [6.45, 7) is 10.7. The third-order valence-corrected chi connectivity index (χ3v) is 5.72. The summed E-state index contributed by atoms with van der Waals surface area (Å²) >= 11 is 6.34. The Morgan fingerprint density at radius 3 is 2.36 bits per heavy atom. The Balaban J connectivity index is 2.47. The molecule has 0 spiro atoms. The normalized spacial score (nSPS) is 12.9. The lowest BCUT2D eigenvalue weighted by Gasteiger charge is -2.34. The highest BCUT2D eigenvalue weighted by Gasteiger charge is 2.36. The molecule has 2 aromatic carbocycles. The Morgan fingerprint density at radius 1 is 1.11 bits per heavy atom. The second kappa shape index (κ2) is 12.6. The van der Waals surface area contributed by atoms with Crippen LogP contribution in [-0.4, -0.2) is 46.1 Å². The number of rotatable bonds is 9. The number of unbranched alkanes of at least 4 members (excludes halogenated alkanes) is 1. The zero-order chi connectivity index (χ0) is 27.0. The molecule has 3 N–H and O–H groups in total. The standard InChI is InChI=1S/C27H36ClN3O5/c1-7-8-16-31(25(34)18(3)29-26(35)36-27(4,5)6)23(19-13-9-10-15-21(19)32)24(33)30-22-17(2)12-11-14-20(22)28/h9-15,18,23,32H,7-8,16H2,1-6H3,(H,29,35)(H,30,33). The van der Waals surface area contributed by atoms with Crippen molar-refractivity contribution < 1.29 is 24.2 Å². The molecule has 2 aromatic rings. The minimum absolute atomic E-state index is 0.129. The highest BCUT2D eigenvalue weighted by Crippen LogP contribution is 2.33. The molecule has 0 aromatic heterocycles. The smallest absolute Gasteiger partial charge is 0.408 e. The van der Waals surface area contributed by atoms with E-state index in [2.05, 4.69) is 10.6 Å². The summed E-state index contributed by atoms with van der Waals surface area (Å²) in [5.41, 5.74) is 0.694. The van der Waals surface area contributed by atoms with Crippen molar-refractivity contribution in [3.63, 3.8) is 0 Å². The van der Waals surface area contributed by atoms with E-state index in [1.165, 1.54) is 17.9 Å². The van der Waals surface area contributed by atoms with Gasteiger partial charge in [0.05, 0.1) is 10.7 Å². The Labute approximate surface area is 218 Å². The van der Waals surface area contributed by atoms with E-state index in [1.54, 1.807) is 51.1 Å². The summed E-state index contributed by atoms with van der Waals surface area (Å²) in [5, 5.41) is 16.4. The topological polar surface area (TPSA) is 108 Å². The minimum Gasteiger partial charge on any atom is -0.508 e. The van der Waals surface area contributed by atoms with Crippen LogP contribution in [0.5, 0.6) is 5.75 Å². The van der Waals surface area contributed by atoms with E-state index in [-0.39, 0.29) is 17.9 Å². The molecular formula is C27H36ClN3O5. The quantitative estimate of drug-likeness (QED) is 0.402. The van der Waals surface area contributed by atoms with Gasteiger partial charge in [-0.15, -0.1) is 0 Å². The van der Waals surface area contributed by atoms with Crippen LogP contribution in [0.1, 0.15) is 64.6 Å². The van der Waals surface area contributed by atoms with Gasteiger partial charge in [-0.2, -0.15) is 0 Å². The van der Waals surface area contributed by atoms with Crippen molar-refractivity contribution in [2.45, 2.75) is 72.1 Å². The number of aromatic hydroxyl groups is 1. The number of amides is 3. The van der Waals surface area contributed by atoms with Crippen molar-refractivity contribution in [2.75, 3.05) is 11.9 Å². The maximum atomic E-state index is 13.7. The highest BCUT2D eigenvalue weighted by atomic mass is 35.5. The molecule has 0 heterocycles. The number of phenolic OH excluding ortho intramolecular Hbond substituents is 1. The molecule has 0 saturated carbocycles. The van der Waals surface area contributed by atoms with E-state index in [0.29, 0.717) is 17.1 Å². The summed E-state index contributed by atoms with van der Waals surface area (Å²) < 4.78 is 5.28. The number of nitrogens with zero attached hydrogens (tertiary/aromatic N) is 1. The summed E-state index contributed by atoms with van der Waals surface area (Å²) in [4.78, 5) is 41.1. The zero-order valence-electron chi connectivity index (χ0n) is 21.7. The zero-order valence-corrected chi connectivity index (χ0v) is 22.5. The number of ether oxygens (including phenoxy) is 1. The van der Waals surface area contributed by atoms with Crippen LogP contribution in [0.4, 0.5) is 10.5 Å². The third-order valence-electron chi connectivity index (χ3n) is 5.40. The lowest BCUT2D eigenvalue weighted by Crippen LogP contribution is -2.51. The molecule has 0 fully saturated rings. The number of alkyl carbamates (subject to hydrolysis) is 1. The average molecular weight is 518 g/mol. The van der Waals surface area contributed by atoms with Crippen LogP contribution >= 0.6 is 11.6 Å². The van der Waals surface area contributed by atoms with Gasteiger partial charge in [0.2, 0.25) is 5.91 Å². The number of hydrogen-bond acceptors (Lipinski definition) is 5. The predicted octanol–water partition coefficient (Wildman–Crippen LogP) is 5.58. The number of carbonyl (C=O) groups excluding carboxylic acids is 3. The average Bonchev–Trinajstić information content (AvgIpc) is 2.78. The van der Waals surface area contributed by atoms with E-state index in [0.717, 1.165) is 12.0 Å². The summed E-state index contributed by atoms with van der Waals surface area (Å²) in [5.74, 6) is -1.16. The maximum Gasteiger partial charge on any atom is 0.408 e. The van der Waals surface area contributed by atoms with Gasteiger partial charge in [-0.1, -0.05) is 55.3 Å². The van der Waals surface area contributed by atoms with Crippen LogP contribution in [-0.2, 0) is 14.3 Å². The van der Waals surface area contributed by atoms with Crippen molar-refractivity contribution in [3.05, 3.63) is 58.6 Å². The number of anilines is 1. The largest absolute Gasteiger partial charge is 0.508 e. The molecule has 2 atom stereocenters. The van der Waals surface area contributed by atoms with Gasteiger partial charge in [0.15, 0.2) is 0 Å². The molecule has 0 aliphatic rings. The van der Waals surface area contributed by atoms with E-state index in [9.17, 15) is 19.5 Å². The van der Waals surface area contributed by atoms with Gasteiger partial charge in [-0.05, 0) is 58.7 Å². The fourth-order valence-corrected chi connectivity index (χ4v) is 3.91. The van der Waals surface area contributed by atoms with E-state index in [4.69, 9.17) is 16.3 Å². The molecule has 36 heavy (non-hydrogen) atoms. The number of aryl methyl sites for hydroxylation is 1. The van der Waals surface area contributed by atoms with Crippen LogP contribution in [0.25, 0.3) is 0 Å². The van der Waals surface area contributed by atoms with Crippen molar-refractivity contribution in [2.24, 2.45) is 0 Å². The number of carbonyl (C=O) groups is 3. The van der Waals surface area contributed by atoms with Crippen LogP contribution in [0, 0.1) is 6.92 Å². The van der Waals surface area contributed by atoms with Gasteiger partial charge in [-0.3, -0.25) is 9.59 Å². The molecule has 0 aliphatic heterocycles. The number of hydrogen-bond donors (Lipinski definition) is 3. The highest BCUT2D eigenvalue weighted by molar-refractivity contribution is 6.34. The SMILES string of the molecule is CCCCN(C(=O)C(C)NC(=O)OC(C)(C)C)C(C(=O)Nc1c(C)cccc1Cl)c1ccccc1O. The Kier molecular flexibility index (Phi) is 10.2. The molecule has 9 heteroatoms. The molecule has 3 amide bonds. The first-order valence-electron chi connectivity index (χ1n) is 12.0. The lowest BCUT2D eigenvalue weighted by atomic mass is 10.0. The summed E-state index contributed by atoms with van der Waals surface area (Å²) in [7, 11) is 0. The number of nitrogens with one attached hydrogen (secondary N) is 2. The molecule has 196 valence electrons. The number of para-hydroxylation sites is 2. The molecule has 0 bridgehead atoms. The summed E-state index contributed by atoms with van der Waals surface area (Å²) in [6, 6.07) is 9.45. The minimum atomic E-state index is -1.18. The first-order valence-corrected chi connectivity index (χ1v) is 12.4. The van der Waals surface area contributed by atoms with Gasteiger partial charge in [0.25, 0.3) is 5.91 Å². The third kappa shape index (κ3) is 7.88. The van der Waals surface area contributed by atoms with Gasteiger partial charge >= 0.3 is 6.09 Å². The Morgan fingerprint density at radius 2 is 1.78 bits per heavy atom. The van der Waals surface area contributed by atoms with Crippen LogP contribution in [0.2, 0.25) is 5.02 Å². The fraction of sp³-hybridized carbons (Fsp3) is 0.444. The maximum absolute atomic E-state index is 13.7. The number of halogens is 1. The molecule has 2 unspecified atom stereocenters. The van der Waals surface area contributed by atoms with Crippen LogP contribution in [0.3, 0.4) is 0 Å². The van der Waals surface area contributed by atoms with E-state index < -0.39 is 35.6 Å². The van der Waals surface area contributed by atoms with Crippen molar-refractivity contribution >= 4 is 35.2 Å². The second-order valence-corrected chi connectivity index (χ2v) is 10.0. The Hall–Kier alpha value is -3.26. The van der Waals surface area contributed by atoms with Crippen molar-refractivity contribution in [3.8, 4) is 5.75 Å². The summed E-state index contributed by atoms with van der Waals surface area (Å²) in [6.07, 6.45) is 0.623.